The van der Waals surface area contributed by atoms with Crippen molar-refractivity contribution in [3.8, 4) is 5.75 Å². The van der Waals surface area contributed by atoms with Crippen molar-refractivity contribution in [3.63, 3.8) is 0 Å². The summed E-state index contributed by atoms with van der Waals surface area (Å²) in [6.45, 7) is 1.92. The molecule has 2 rings (SSSR count). The predicted molar refractivity (Wildman–Crippen MR) is 76.5 cm³/mol. The van der Waals surface area contributed by atoms with Gasteiger partial charge >= 0.3 is 0 Å². The van der Waals surface area contributed by atoms with Crippen molar-refractivity contribution >= 4 is 17.3 Å². The van der Waals surface area contributed by atoms with Crippen LogP contribution >= 0.6 is 0 Å². The van der Waals surface area contributed by atoms with Crippen LogP contribution in [-0.2, 0) is 0 Å². The number of carbonyl (C=O) groups is 1. The van der Waals surface area contributed by atoms with Crippen molar-refractivity contribution < 1.29 is 9.53 Å². The normalized spacial score (nSPS) is 10.0. The second kappa shape index (κ2) is 5.44. The zero-order valence-electron chi connectivity index (χ0n) is 10.9. The Morgan fingerprint density at radius 3 is 2.68 bits per heavy atom. The number of amides is 1. The lowest BCUT2D eigenvalue weighted by Gasteiger charge is -2.11. The number of hydrogen-bond donors (Lipinski definition) is 2. The van der Waals surface area contributed by atoms with E-state index in [9.17, 15) is 4.79 Å². The third-order valence-corrected chi connectivity index (χ3v) is 2.81. The van der Waals surface area contributed by atoms with E-state index in [1.165, 1.54) is 0 Å². The van der Waals surface area contributed by atoms with E-state index < -0.39 is 0 Å². The molecule has 0 aromatic heterocycles. The van der Waals surface area contributed by atoms with E-state index in [1.807, 2.05) is 25.1 Å². The highest BCUT2D eigenvalue weighted by atomic mass is 16.5. The number of ether oxygens (including phenoxy) is 1. The van der Waals surface area contributed by atoms with Gasteiger partial charge in [0.2, 0.25) is 0 Å². The summed E-state index contributed by atoms with van der Waals surface area (Å²) in [7, 11) is 1.56. The lowest BCUT2D eigenvalue weighted by molar-refractivity contribution is 0.102. The van der Waals surface area contributed by atoms with Gasteiger partial charge in [0.05, 0.1) is 18.4 Å². The Hall–Kier alpha value is -2.49. The minimum Gasteiger partial charge on any atom is -0.495 e. The molecule has 2 aromatic carbocycles. The molecule has 0 radical (unpaired) electrons. The second-order valence-corrected chi connectivity index (χ2v) is 4.25. The van der Waals surface area contributed by atoms with Crippen molar-refractivity contribution in [3.05, 3.63) is 53.6 Å². The molecular weight excluding hydrogens is 240 g/mol. The first-order valence-electron chi connectivity index (χ1n) is 5.92. The number of hydrogen-bond acceptors (Lipinski definition) is 3. The zero-order valence-corrected chi connectivity index (χ0v) is 10.9. The lowest BCUT2D eigenvalue weighted by Crippen LogP contribution is -2.14. The lowest BCUT2D eigenvalue weighted by atomic mass is 10.1. The Kier molecular flexibility index (Phi) is 3.71. The summed E-state index contributed by atoms with van der Waals surface area (Å²) >= 11 is 0. The monoisotopic (exact) mass is 256 g/mol. The fraction of sp³-hybridized carbons (Fsp3) is 0.133. The first-order chi connectivity index (χ1) is 9.11. The maximum absolute atomic E-state index is 12.2. The van der Waals surface area contributed by atoms with Gasteiger partial charge in [-0.2, -0.15) is 0 Å². The molecule has 0 atom stereocenters. The summed E-state index contributed by atoms with van der Waals surface area (Å²) < 4.78 is 5.19. The van der Waals surface area contributed by atoms with Crippen molar-refractivity contribution in [2.45, 2.75) is 6.92 Å². The van der Waals surface area contributed by atoms with E-state index in [4.69, 9.17) is 10.5 Å². The fourth-order valence-corrected chi connectivity index (χ4v) is 1.80. The van der Waals surface area contributed by atoms with Gasteiger partial charge in [-0.25, -0.2) is 0 Å². The third-order valence-electron chi connectivity index (χ3n) is 2.81. The number of methoxy groups -OCH3 is 1. The molecule has 0 aliphatic rings. The van der Waals surface area contributed by atoms with Gasteiger partial charge in [0.1, 0.15) is 5.75 Å². The molecule has 0 heterocycles. The molecule has 4 nitrogen and oxygen atoms in total. The van der Waals surface area contributed by atoms with Crippen molar-refractivity contribution in [1.82, 2.24) is 0 Å². The van der Waals surface area contributed by atoms with Crippen molar-refractivity contribution in [1.29, 1.82) is 0 Å². The molecule has 98 valence electrons. The van der Waals surface area contributed by atoms with Gasteiger partial charge < -0.3 is 15.8 Å². The number of anilines is 2. The predicted octanol–water partition coefficient (Wildman–Crippen LogP) is 2.84. The number of nitrogens with one attached hydrogen (secondary N) is 1. The zero-order chi connectivity index (χ0) is 13.8. The molecule has 4 heteroatoms. The van der Waals surface area contributed by atoms with Crippen molar-refractivity contribution in [2.24, 2.45) is 0 Å². The first-order valence-corrected chi connectivity index (χ1v) is 5.92. The number of aryl methyl sites for hydroxylation is 1. The minimum absolute atomic E-state index is 0.245. The molecule has 2 aromatic rings. The second-order valence-electron chi connectivity index (χ2n) is 4.25. The highest BCUT2D eigenvalue weighted by molar-refractivity contribution is 6.08. The Balaban J connectivity index is 2.28. The molecule has 0 spiro atoms. The number of benzene rings is 2. The summed E-state index contributed by atoms with van der Waals surface area (Å²) in [4.78, 5) is 12.2. The maximum Gasteiger partial charge on any atom is 0.257 e. The van der Waals surface area contributed by atoms with E-state index >= 15 is 0 Å². The Labute approximate surface area is 112 Å². The molecular formula is C15H16N2O2. The van der Waals surface area contributed by atoms with Crippen LogP contribution in [0.1, 0.15) is 15.9 Å². The van der Waals surface area contributed by atoms with Gasteiger partial charge in [-0.05, 0) is 31.2 Å². The first kappa shape index (κ1) is 13.0. The Morgan fingerprint density at radius 2 is 1.95 bits per heavy atom. The quantitative estimate of drug-likeness (QED) is 0.830. The van der Waals surface area contributed by atoms with Gasteiger partial charge in [-0.1, -0.05) is 23.8 Å². The summed E-state index contributed by atoms with van der Waals surface area (Å²) in [6, 6.07) is 12.6. The SMILES string of the molecule is COc1ccccc1NC(=O)c1cc(C)ccc1N. The van der Waals surface area contributed by atoms with E-state index in [2.05, 4.69) is 5.32 Å². The molecule has 0 saturated heterocycles. The molecule has 0 unspecified atom stereocenters. The van der Waals surface area contributed by atoms with Crippen LogP contribution in [0.4, 0.5) is 11.4 Å². The van der Waals surface area contributed by atoms with Crippen LogP contribution in [0.3, 0.4) is 0 Å². The molecule has 0 saturated carbocycles. The van der Waals surface area contributed by atoms with Gasteiger partial charge in [-0.3, -0.25) is 4.79 Å². The summed E-state index contributed by atoms with van der Waals surface area (Å²) in [5, 5.41) is 2.80. The average molecular weight is 256 g/mol. The van der Waals surface area contributed by atoms with Crippen molar-refractivity contribution in [2.75, 3.05) is 18.2 Å². The van der Waals surface area contributed by atoms with Crippen LogP contribution in [0.25, 0.3) is 0 Å². The van der Waals surface area contributed by atoms with E-state index in [0.717, 1.165) is 5.56 Å². The number of carbonyl (C=O) groups excluding carboxylic acids is 1. The average Bonchev–Trinajstić information content (AvgIpc) is 2.42. The molecule has 19 heavy (non-hydrogen) atoms. The molecule has 3 N–H and O–H groups in total. The molecule has 0 aliphatic heterocycles. The summed E-state index contributed by atoms with van der Waals surface area (Å²) in [6.07, 6.45) is 0. The fourth-order valence-electron chi connectivity index (χ4n) is 1.80. The van der Waals surface area contributed by atoms with Gasteiger partial charge in [0, 0.05) is 5.69 Å². The Morgan fingerprint density at radius 1 is 1.21 bits per heavy atom. The minimum atomic E-state index is -0.245. The number of para-hydroxylation sites is 2. The van der Waals surface area contributed by atoms with Crippen LogP contribution in [0.2, 0.25) is 0 Å². The third kappa shape index (κ3) is 2.85. The van der Waals surface area contributed by atoms with E-state index in [-0.39, 0.29) is 5.91 Å². The smallest absolute Gasteiger partial charge is 0.257 e. The highest BCUT2D eigenvalue weighted by Crippen LogP contribution is 2.24. The van der Waals surface area contributed by atoms with Gasteiger partial charge in [0.15, 0.2) is 0 Å². The molecule has 1 amide bonds. The molecule has 0 aliphatic carbocycles. The van der Waals surface area contributed by atoms with Crippen LogP contribution in [0, 0.1) is 6.92 Å². The van der Waals surface area contributed by atoms with Crippen LogP contribution in [-0.4, -0.2) is 13.0 Å². The van der Waals surface area contributed by atoms with Crippen LogP contribution in [0.5, 0.6) is 5.75 Å². The summed E-state index contributed by atoms with van der Waals surface area (Å²) in [5.41, 5.74) is 8.35. The number of rotatable bonds is 3. The highest BCUT2D eigenvalue weighted by Gasteiger charge is 2.12. The Bertz CT molecular complexity index is 609. The standard InChI is InChI=1S/C15H16N2O2/c1-10-7-8-12(16)11(9-10)15(18)17-13-5-3-4-6-14(13)19-2/h3-9H,16H2,1-2H3,(H,17,18). The summed E-state index contributed by atoms with van der Waals surface area (Å²) in [5.74, 6) is 0.368. The van der Waals surface area contributed by atoms with E-state index in [0.29, 0.717) is 22.7 Å². The topological polar surface area (TPSA) is 64.3 Å². The molecule has 0 fully saturated rings. The largest absolute Gasteiger partial charge is 0.495 e. The van der Waals surface area contributed by atoms with Crippen LogP contribution < -0.4 is 15.8 Å². The number of nitrogens with two attached hydrogens (primary N) is 1. The maximum atomic E-state index is 12.2. The van der Waals surface area contributed by atoms with Gasteiger partial charge in [0.25, 0.3) is 5.91 Å². The van der Waals surface area contributed by atoms with E-state index in [1.54, 1.807) is 31.4 Å². The molecule has 0 bridgehead atoms. The van der Waals surface area contributed by atoms with Crippen LogP contribution in [0.15, 0.2) is 42.5 Å². The number of nitrogen functional groups attached to an aromatic ring is 1. The van der Waals surface area contributed by atoms with Gasteiger partial charge in [-0.15, -0.1) is 0 Å².